The van der Waals surface area contributed by atoms with Gasteiger partial charge in [-0.3, -0.25) is 0 Å². The summed E-state index contributed by atoms with van der Waals surface area (Å²) < 4.78 is 27.6. The molecule has 0 aromatic heterocycles. The number of nitrogens with one attached hydrogen (secondary N) is 2. The monoisotopic (exact) mass is 366 g/mol. The van der Waals surface area contributed by atoms with Crippen LogP contribution in [0.1, 0.15) is 56.3 Å². The smallest absolute Gasteiger partial charge is 0.335 e. The van der Waals surface area contributed by atoms with Gasteiger partial charge >= 0.3 is 5.97 Å². The molecule has 1 aromatic carbocycles. The molecule has 138 valence electrons. The molecule has 0 saturated heterocycles. The lowest BCUT2D eigenvalue weighted by Gasteiger charge is -2.17. The van der Waals surface area contributed by atoms with Crippen molar-refractivity contribution in [2.45, 2.75) is 56.9 Å². The third kappa shape index (κ3) is 5.57. The highest BCUT2D eigenvalue weighted by molar-refractivity contribution is 7.89. The number of carboxylic acid groups (broad SMARTS) is 1. The van der Waals surface area contributed by atoms with Gasteiger partial charge in [0.15, 0.2) is 0 Å². The number of sulfonamides is 1. The molecule has 0 aliphatic heterocycles. The summed E-state index contributed by atoms with van der Waals surface area (Å²) in [7, 11) is -3.79. The summed E-state index contributed by atoms with van der Waals surface area (Å²) in [4.78, 5) is 11.2. The van der Waals surface area contributed by atoms with Gasteiger partial charge in [-0.15, -0.1) is 0 Å². The Balaban J connectivity index is 2.20. The van der Waals surface area contributed by atoms with E-state index in [1.54, 1.807) is 13.8 Å². The van der Waals surface area contributed by atoms with Crippen LogP contribution in [-0.4, -0.2) is 32.1 Å². The number of hydrogen-bond acceptors (Lipinski definition) is 4. The van der Waals surface area contributed by atoms with Gasteiger partial charge in [-0.25, -0.2) is 17.9 Å². The van der Waals surface area contributed by atoms with Gasteiger partial charge in [-0.2, -0.15) is 0 Å². The van der Waals surface area contributed by atoms with Crippen molar-refractivity contribution in [1.82, 2.24) is 4.72 Å². The first-order valence-electron chi connectivity index (χ1n) is 8.61. The summed E-state index contributed by atoms with van der Waals surface area (Å²) in [5, 5.41) is 12.3. The molecule has 25 heavy (non-hydrogen) atoms. The second kappa shape index (κ2) is 8.49. The predicted octanol–water partition coefficient (Wildman–Crippen LogP) is 3.37. The van der Waals surface area contributed by atoms with Gasteiger partial charge in [0.2, 0.25) is 10.0 Å². The van der Waals surface area contributed by atoms with Crippen LogP contribution in [0.5, 0.6) is 0 Å². The van der Waals surface area contributed by atoms with E-state index < -0.39 is 16.0 Å². The SMILES string of the molecule is CC(C)NS(=O)(=O)c1cc(C(=O)O)ccc1NCCC1=CCCCC1. The van der Waals surface area contributed by atoms with Crippen LogP contribution in [0.3, 0.4) is 0 Å². The quantitative estimate of drug-likeness (QED) is 0.613. The highest BCUT2D eigenvalue weighted by atomic mass is 32.2. The van der Waals surface area contributed by atoms with Crippen molar-refractivity contribution >= 4 is 21.7 Å². The number of carbonyl (C=O) groups is 1. The fourth-order valence-corrected chi connectivity index (χ4v) is 4.35. The number of rotatable bonds is 8. The third-order valence-corrected chi connectivity index (χ3v) is 5.75. The number of aromatic carboxylic acids is 1. The van der Waals surface area contributed by atoms with Crippen LogP contribution in [0, 0.1) is 0 Å². The molecule has 0 unspecified atom stereocenters. The van der Waals surface area contributed by atoms with Crippen molar-refractivity contribution in [3.05, 3.63) is 35.4 Å². The standard InChI is InChI=1S/C18H26N2O4S/c1-13(2)20-25(23,24)17-12-15(18(21)22)8-9-16(17)19-11-10-14-6-4-3-5-7-14/h6,8-9,12-13,19-20H,3-5,7,10-11H2,1-2H3,(H,21,22). The molecular weight excluding hydrogens is 340 g/mol. The highest BCUT2D eigenvalue weighted by Gasteiger charge is 2.21. The molecule has 1 aliphatic rings. The number of benzene rings is 1. The summed E-state index contributed by atoms with van der Waals surface area (Å²) in [5.74, 6) is -1.15. The highest BCUT2D eigenvalue weighted by Crippen LogP contribution is 2.25. The van der Waals surface area contributed by atoms with E-state index in [0.717, 1.165) is 19.3 Å². The van der Waals surface area contributed by atoms with Gasteiger partial charge in [-0.1, -0.05) is 11.6 Å². The molecule has 6 nitrogen and oxygen atoms in total. The minimum Gasteiger partial charge on any atom is -0.478 e. The fraction of sp³-hybridized carbons (Fsp3) is 0.500. The van der Waals surface area contributed by atoms with Gasteiger partial charge in [0, 0.05) is 12.6 Å². The molecule has 0 saturated carbocycles. The zero-order chi connectivity index (χ0) is 18.4. The summed E-state index contributed by atoms with van der Waals surface area (Å²) in [6.07, 6.45) is 7.77. The van der Waals surface area contributed by atoms with Gasteiger partial charge in [-0.05, 0) is 64.2 Å². The van der Waals surface area contributed by atoms with Crippen LogP contribution in [0.15, 0.2) is 34.7 Å². The second-order valence-corrected chi connectivity index (χ2v) is 8.26. The fourth-order valence-electron chi connectivity index (χ4n) is 2.89. The minimum atomic E-state index is -3.79. The van der Waals surface area contributed by atoms with E-state index in [0.29, 0.717) is 12.2 Å². The number of anilines is 1. The number of carboxylic acids is 1. The van der Waals surface area contributed by atoms with Crippen molar-refractivity contribution in [3.8, 4) is 0 Å². The Kier molecular flexibility index (Phi) is 6.61. The summed E-state index contributed by atoms with van der Waals surface area (Å²) >= 11 is 0. The van der Waals surface area contributed by atoms with Crippen molar-refractivity contribution in [1.29, 1.82) is 0 Å². The zero-order valence-corrected chi connectivity index (χ0v) is 15.5. The lowest BCUT2D eigenvalue weighted by Crippen LogP contribution is -2.31. The van der Waals surface area contributed by atoms with Crippen molar-refractivity contribution < 1.29 is 18.3 Å². The van der Waals surface area contributed by atoms with Crippen LogP contribution >= 0.6 is 0 Å². The van der Waals surface area contributed by atoms with E-state index in [4.69, 9.17) is 5.11 Å². The summed E-state index contributed by atoms with van der Waals surface area (Å²) in [5.41, 5.74) is 1.77. The molecule has 0 heterocycles. The topological polar surface area (TPSA) is 95.5 Å². The molecule has 0 bridgehead atoms. The zero-order valence-electron chi connectivity index (χ0n) is 14.7. The normalized spacial score (nSPS) is 15.1. The van der Waals surface area contributed by atoms with Crippen LogP contribution in [-0.2, 0) is 10.0 Å². The second-order valence-electron chi connectivity index (χ2n) is 6.58. The lowest BCUT2D eigenvalue weighted by atomic mass is 9.97. The average molecular weight is 366 g/mol. The molecule has 3 N–H and O–H groups in total. The molecule has 0 spiro atoms. The van der Waals surface area contributed by atoms with Crippen LogP contribution < -0.4 is 10.0 Å². The first kappa shape index (κ1) is 19.5. The molecule has 0 fully saturated rings. The summed E-state index contributed by atoms with van der Waals surface area (Å²) in [6, 6.07) is 3.86. The molecule has 0 amide bonds. The number of allylic oxidation sites excluding steroid dienone is 1. The summed E-state index contributed by atoms with van der Waals surface area (Å²) in [6.45, 7) is 4.06. The first-order chi connectivity index (χ1) is 11.8. The van der Waals surface area contributed by atoms with E-state index in [1.165, 1.54) is 36.6 Å². The Morgan fingerprint density at radius 2 is 2.04 bits per heavy atom. The lowest BCUT2D eigenvalue weighted by molar-refractivity contribution is 0.0696. The van der Waals surface area contributed by atoms with Crippen LogP contribution in [0.2, 0.25) is 0 Å². The minimum absolute atomic E-state index is 0.0290. The van der Waals surface area contributed by atoms with E-state index in [9.17, 15) is 13.2 Å². The van der Waals surface area contributed by atoms with Crippen LogP contribution in [0.25, 0.3) is 0 Å². The largest absolute Gasteiger partial charge is 0.478 e. The van der Waals surface area contributed by atoms with Gasteiger partial charge < -0.3 is 10.4 Å². The molecule has 0 radical (unpaired) electrons. The first-order valence-corrected chi connectivity index (χ1v) is 10.1. The number of hydrogen-bond donors (Lipinski definition) is 3. The van der Waals surface area contributed by atoms with Gasteiger partial charge in [0.25, 0.3) is 0 Å². The average Bonchev–Trinajstić information content (AvgIpc) is 2.54. The molecular formula is C18H26N2O4S. The Morgan fingerprint density at radius 1 is 1.28 bits per heavy atom. The van der Waals surface area contributed by atoms with Gasteiger partial charge in [0.1, 0.15) is 4.90 Å². The molecule has 1 aromatic rings. The van der Waals surface area contributed by atoms with E-state index in [2.05, 4.69) is 16.1 Å². The maximum atomic E-state index is 12.5. The molecule has 1 aliphatic carbocycles. The Labute approximate surface area is 149 Å². The molecule has 7 heteroatoms. The maximum absolute atomic E-state index is 12.5. The van der Waals surface area contributed by atoms with Crippen molar-refractivity contribution in [2.24, 2.45) is 0 Å². The Hall–Kier alpha value is -1.86. The van der Waals surface area contributed by atoms with Crippen LogP contribution in [0.4, 0.5) is 5.69 Å². The maximum Gasteiger partial charge on any atom is 0.335 e. The van der Waals surface area contributed by atoms with E-state index in [-0.39, 0.29) is 16.5 Å². The Bertz CT molecular complexity index is 754. The van der Waals surface area contributed by atoms with E-state index >= 15 is 0 Å². The van der Waals surface area contributed by atoms with E-state index in [1.807, 2.05) is 0 Å². The third-order valence-electron chi connectivity index (χ3n) is 4.06. The predicted molar refractivity (Wildman–Crippen MR) is 98.5 cm³/mol. The molecule has 0 atom stereocenters. The van der Waals surface area contributed by atoms with Crippen molar-refractivity contribution in [3.63, 3.8) is 0 Å². The van der Waals surface area contributed by atoms with Crippen molar-refractivity contribution in [2.75, 3.05) is 11.9 Å². The molecule has 2 rings (SSSR count). The Morgan fingerprint density at radius 3 is 2.64 bits per heavy atom. The van der Waals surface area contributed by atoms with Gasteiger partial charge in [0.05, 0.1) is 11.3 Å².